The summed E-state index contributed by atoms with van der Waals surface area (Å²) in [5, 5.41) is 34.7. The van der Waals surface area contributed by atoms with Gasteiger partial charge in [0.1, 0.15) is 17.8 Å². The van der Waals surface area contributed by atoms with Crippen LogP contribution in [0.4, 0.5) is 0 Å². The maximum absolute atomic E-state index is 14.4. The van der Waals surface area contributed by atoms with Crippen LogP contribution in [0.5, 0.6) is 0 Å². The van der Waals surface area contributed by atoms with Gasteiger partial charge in [-0.15, -0.1) is 10.2 Å². The van der Waals surface area contributed by atoms with Gasteiger partial charge in [0.15, 0.2) is 5.65 Å². The van der Waals surface area contributed by atoms with Crippen molar-refractivity contribution in [2.45, 2.75) is 102 Å². The Balaban J connectivity index is 1.37. The summed E-state index contributed by atoms with van der Waals surface area (Å²) in [4.78, 5) is 27.9. The maximum Gasteiger partial charge on any atom is 0.231 e. The Hall–Kier alpha value is -3.76. The molecular weight excluding hydrogens is 554 g/mol. The van der Waals surface area contributed by atoms with E-state index in [4.69, 9.17) is 4.98 Å². The fourth-order valence-electron chi connectivity index (χ4n) is 6.63. The molecular formula is C34H43N7O3. The van der Waals surface area contributed by atoms with Crippen LogP contribution in [-0.4, -0.2) is 63.9 Å². The SMILES string of the molecule is CCCc1nc(-c2cccnc2)cn2c(C(Cc3cccnc3)C(=O)N[C@@H](CC3CCCCC3)[C@@H](O)[C@@H](O)C3CC3)nnc12. The van der Waals surface area contributed by atoms with Gasteiger partial charge in [-0.2, -0.15) is 0 Å². The number of rotatable bonds is 13. The Labute approximate surface area is 258 Å². The predicted molar refractivity (Wildman–Crippen MR) is 167 cm³/mol. The van der Waals surface area contributed by atoms with Crippen LogP contribution in [0.3, 0.4) is 0 Å². The molecule has 1 unspecified atom stereocenters. The second-order valence-electron chi connectivity index (χ2n) is 12.6. The van der Waals surface area contributed by atoms with Crippen LogP contribution in [0.15, 0.2) is 55.2 Å². The lowest BCUT2D eigenvalue weighted by Crippen LogP contribution is -2.51. The molecule has 0 aliphatic heterocycles. The van der Waals surface area contributed by atoms with Crippen molar-refractivity contribution in [2.75, 3.05) is 0 Å². The number of pyridine rings is 2. The Bertz CT molecular complexity index is 1520. The van der Waals surface area contributed by atoms with Gasteiger partial charge in [0, 0.05) is 36.5 Å². The molecule has 4 aromatic rings. The third kappa shape index (κ3) is 6.97. The van der Waals surface area contributed by atoms with Crippen molar-refractivity contribution in [2.24, 2.45) is 11.8 Å². The molecule has 6 rings (SSSR count). The molecule has 3 N–H and O–H groups in total. The van der Waals surface area contributed by atoms with Gasteiger partial charge in [0.2, 0.25) is 5.91 Å². The number of fused-ring (bicyclic) bond motifs is 1. The van der Waals surface area contributed by atoms with E-state index in [2.05, 4.69) is 32.4 Å². The molecule has 4 atom stereocenters. The maximum atomic E-state index is 14.4. The average molecular weight is 598 g/mol. The lowest BCUT2D eigenvalue weighted by Gasteiger charge is -2.33. The molecule has 4 aromatic heterocycles. The van der Waals surface area contributed by atoms with Gasteiger partial charge in [-0.05, 0) is 67.7 Å². The van der Waals surface area contributed by atoms with E-state index in [1.807, 2.05) is 34.9 Å². The van der Waals surface area contributed by atoms with E-state index in [9.17, 15) is 15.0 Å². The van der Waals surface area contributed by atoms with E-state index in [-0.39, 0.29) is 11.8 Å². The molecule has 0 spiro atoms. The number of amides is 1. The van der Waals surface area contributed by atoms with Crippen molar-refractivity contribution in [1.82, 2.24) is 34.9 Å². The Kier molecular flexibility index (Phi) is 9.57. The van der Waals surface area contributed by atoms with E-state index >= 15 is 0 Å². The van der Waals surface area contributed by atoms with Crippen molar-refractivity contribution >= 4 is 11.6 Å². The minimum atomic E-state index is -1.03. The van der Waals surface area contributed by atoms with E-state index in [1.165, 1.54) is 6.42 Å². The molecule has 2 fully saturated rings. The Morgan fingerprint density at radius 2 is 1.80 bits per heavy atom. The summed E-state index contributed by atoms with van der Waals surface area (Å²) in [6.07, 6.45) is 17.1. The molecule has 0 saturated heterocycles. The molecule has 2 saturated carbocycles. The van der Waals surface area contributed by atoms with Crippen molar-refractivity contribution in [1.29, 1.82) is 0 Å². The monoisotopic (exact) mass is 597 g/mol. The standard InChI is InChI=1S/C34H43N7O3/c1-2-8-27-33-40-39-32(41(33)21-29(37-27)25-12-7-16-36-20-25)26(17-23-11-6-15-35-19-23)34(44)38-28(18-22-9-4-3-5-10-22)31(43)30(42)24-13-14-24/h6-7,11-12,15-16,19-22,24,26,28,30-31,42-43H,2-5,8-10,13-14,17-18H2,1H3,(H,38,44)/t26?,28-,30-,31+/m0/s1. The lowest BCUT2D eigenvalue weighted by atomic mass is 9.82. The summed E-state index contributed by atoms with van der Waals surface area (Å²) in [5.41, 5.74) is 3.92. The van der Waals surface area contributed by atoms with Gasteiger partial charge in [-0.25, -0.2) is 4.98 Å². The van der Waals surface area contributed by atoms with Crippen molar-refractivity contribution in [3.8, 4) is 11.3 Å². The number of aliphatic hydroxyl groups is 2. The molecule has 0 aromatic carbocycles. The largest absolute Gasteiger partial charge is 0.390 e. The van der Waals surface area contributed by atoms with E-state index in [1.54, 1.807) is 24.8 Å². The second kappa shape index (κ2) is 13.9. The third-order valence-corrected chi connectivity index (χ3v) is 9.23. The normalized spacial score (nSPS) is 18.5. The first-order chi connectivity index (χ1) is 21.5. The third-order valence-electron chi connectivity index (χ3n) is 9.23. The number of hydrogen-bond acceptors (Lipinski definition) is 8. The Morgan fingerprint density at radius 1 is 1.02 bits per heavy atom. The minimum absolute atomic E-state index is 0.0952. The van der Waals surface area contributed by atoms with Crippen LogP contribution in [0.2, 0.25) is 0 Å². The van der Waals surface area contributed by atoms with Crippen LogP contribution < -0.4 is 5.32 Å². The predicted octanol–water partition coefficient (Wildman–Crippen LogP) is 4.45. The highest BCUT2D eigenvalue weighted by Crippen LogP contribution is 2.36. The molecule has 10 heteroatoms. The Morgan fingerprint density at radius 3 is 2.48 bits per heavy atom. The van der Waals surface area contributed by atoms with Crippen molar-refractivity contribution in [3.63, 3.8) is 0 Å². The van der Waals surface area contributed by atoms with Gasteiger partial charge < -0.3 is 15.5 Å². The number of aliphatic hydroxyl groups excluding tert-OH is 2. The zero-order chi connectivity index (χ0) is 30.5. The van der Waals surface area contributed by atoms with Crippen molar-refractivity contribution < 1.29 is 15.0 Å². The van der Waals surface area contributed by atoms with Crippen LogP contribution in [0, 0.1) is 11.8 Å². The first kappa shape index (κ1) is 30.3. The first-order valence-electron chi connectivity index (χ1n) is 16.2. The van der Waals surface area contributed by atoms with Gasteiger partial charge >= 0.3 is 0 Å². The summed E-state index contributed by atoms with van der Waals surface area (Å²) in [6.45, 7) is 2.10. The van der Waals surface area contributed by atoms with Crippen LogP contribution in [0.1, 0.15) is 87.7 Å². The highest BCUT2D eigenvalue weighted by Gasteiger charge is 2.40. The summed E-state index contributed by atoms with van der Waals surface area (Å²) in [5.74, 6) is 0.0397. The van der Waals surface area contributed by atoms with E-state index in [0.717, 1.165) is 67.5 Å². The highest BCUT2D eigenvalue weighted by atomic mass is 16.3. The van der Waals surface area contributed by atoms with Crippen LogP contribution in [0.25, 0.3) is 16.9 Å². The second-order valence-corrected chi connectivity index (χ2v) is 12.6. The molecule has 1 amide bonds. The molecule has 10 nitrogen and oxygen atoms in total. The van der Waals surface area contributed by atoms with Gasteiger partial charge in [-0.1, -0.05) is 51.5 Å². The van der Waals surface area contributed by atoms with Gasteiger partial charge in [0.25, 0.3) is 0 Å². The van der Waals surface area contributed by atoms with E-state index in [0.29, 0.717) is 36.7 Å². The van der Waals surface area contributed by atoms with E-state index < -0.39 is 24.2 Å². The van der Waals surface area contributed by atoms with Crippen LogP contribution >= 0.6 is 0 Å². The molecule has 44 heavy (non-hydrogen) atoms. The minimum Gasteiger partial charge on any atom is -0.390 e. The quantitative estimate of drug-likeness (QED) is 0.206. The first-order valence-corrected chi connectivity index (χ1v) is 16.2. The fourth-order valence-corrected chi connectivity index (χ4v) is 6.63. The zero-order valence-electron chi connectivity index (χ0n) is 25.4. The number of carbonyl (C=O) groups is 1. The number of nitrogens with zero attached hydrogens (tertiary/aromatic N) is 6. The number of aryl methyl sites for hydroxylation is 1. The van der Waals surface area contributed by atoms with Gasteiger partial charge in [0.05, 0.1) is 23.5 Å². The summed E-state index contributed by atoms with van der Waals surface area (Å²) in [7, 11) is 0. The summed E-state index contributed by atoms with van der Waals surface area (Å²) >= 11 is 0. The number of hydrogen-bond donors (Lipinski definition) is 3. The molecule has 232 valence electrons. The van der Waals surface area contributed by atoms with Crippen LogP contribution in [-0.2, 0) is 17.6 Å². The number of carbonyl (C=O) groups excluding carboxylic acids is 1. The lowest BCUT2D eigenvalue weighted by molar-refractivity contribution is -0.125. The fraction of sp³-hybridized carbons (Fsp3) is 0.529. The topological polar surface area (TPSA) is 138 Å². The molecule has 0 radical (unpaired) electrons. The van der Waals surface area contributed by atoms with Crippen molar-refractivity contribution in [3.05, 3.63) is 72.3 Å². The molecule has 4 heterocycles. The number of aromatic nitrogens is 6. The van der Waals surface area contributed by atoms with Gasteiger partial charge in [-0.3, -0.25) is 19.2 Å². The molecule has 2 aliphatic rings. The zero-order valence-corrected chi connectivity index (χ0v) is 25.4. The molecule has 0 bridgehead atoms. The number of nitrogens with one attached hydrogen (secondary N) is 1. The molecule has 2 aliphatic carbocycles. The highest BCUT2D eigenvalue weighted by molar-refractivity contribution is 5.83. The average Bonchev–Trinajstić information content (AvgIpc) is 3.83. The smallest absolute Gasteiger partial charge is 0.231 e. The summed E-state index contributed by atoms with van der Waals surface area (Å²) < 4.78 is 1.90. The summed E-state index contributed by atoms with van der Waals surface area (Å²) in [6, 6.07) is 7.09.